The minimum atomic E-state index is -0.345. The largest absolute Gasteiger partial charge is 0.352 e. The molecule has 0 aliphatic carbocycles. The predicted molar refractivity (Wildman–Crippen MR) is 130 cm³/mol. The molecule has 0 spiro atoms. The third-order valence-corrected chi connectivity index (χ3v) is 6.44. The summed E-state index contributed by atoms with van der Waals surface area (Å²) in [6.07, 6.45) is 2.76. The van der Waals surface area contributed by atoms with Crippen LogP contribution >= 0.6 is 0 Å². The van der Waals surface area contributed by atoms with Crippen LogP contribution in [0.1, 0.15) is 42.4 Å². The van der Waals surface area contributed by atoms with Crippen molar-refractivity contribution in [3.63, 3.8) is 0 Å². The Labute approximate surface area is 197 Å². The first kappa shape index (κ1) is 22.0. The molecule has 1 amide bonds. The molecular weight excluding hydrogens is 431 g/mol. The number of rotatable bonds is 5. The van der Waals surface area contributed by atoms with Gasteiger partial charge in [0.2, 0.25) is 0 Å². The average Bonchev–Trinajstić information content (AvgIpc) is 3.32. The normalized spacial score (nSPS) is 15.0. The van der Waals surface area contributed by atoms with Crippen LogP contribution in [0.3, 0.4) is 0 Å². The monoisotopic (exact) mass is 458 g/mol. The summed E-state index contributed by atoms with van der Waals surface area (Å²) in [4.78, 5) is 26.7. The molecule has 34 heavy (non-hydrogen) atoms. The van der Waals surface area contributed by atoms with Crippen LogP contribution in [-0.4, -0.2) is 56.7 Å². The molecule has 1 fully saturated rings. The number of aromatic nitrogens is 4. The molecule has 0 bridgehead atoms. The van der Waals surface area contributed by atoms with Gasteiger partial charge in [-0.2, -0.15) is 5.10 Å². The number of hydrogen-bond donors (Lipinski definition) is 0. The number of para-hydroxylation sites is 1. The van der Waals surface area contributed by atoms with Gasteiger partial charge in [-0.25, -0.2) is 19.0 Å². The van der Waals surface area contributed by atoms with Crippen molar-refractivity contribution in [3.8, 4) is 5.69 Å². The van der Waals surface area contributed by atoms with Crippen LogP contribution in [0.25, 0.3) is 16.7 Å². The minimum Gasteiger partial charge on any atom is -0.352 e. The lowest BCUT2D eigenvalue weighted by atomic mass is 10.1. The Morgan fingerprint density at radius 2 is 1.71 bits per heavy atom. The van der Waals surface area contributed by atoms with Crippen molar-refractivity contribution >= 4 is 22.8 Å². The maximum Gasteiger partial charge on any atom is 0.253 e. The van der Waals surface area contributed by atoms with E-state index in [1.165, 1.54) is 24.3 Å². The molecule has 1 saturated heterocycles. The quantitative estimate of drug-likeness (QED) is 0.443. The second kappa shape index (κ2) is 9.21. The molecule has 1 aliphatic heterocycles. The smallest absolute Gasteiger partial charge is 0.253 e. The Kier molecular flexibility index (Phi) is 5.96. The molecule has 2 aromatic carbocycles. The van der Waals surface area contributed by atoms with Gasteiger partial charge in [0, 0.05) is 37.7 Å². The molecule has 5 rings (SSSR count). The topological polar surface area (TPSA) is 67.2 Å². The van der Waals surface area contributed by atoms with E-state index in [2.05, 4.69) is 23.8 Å². The van der Waals surface area contributed by atoms with E-state index in [0.717, 1.165) is 34.8 Å². The van der Waals surface area contributed by atoms with Gasteiger partial charge in [0.15, 0.2) is 5.65 Å². The van der Waals surface area contributed by atoms with E-state index in [1.54, 1.807) is 0 Å². The van der Waals surface area contributed by atoms with E-state index in [4.69, 9.17) is 9.97 Å². The molecule has 4 aromatic rings. The molecule has 0 N–H and O–H groups in total. The third kappa shape index (κ3) is 4.11. The molecule has 1 aliphatic rings. The third-order valence-electron chi connectivity index (χ3n) is 6.44. The fourth-order valence-corrected chi connectivity index (χ4v) is 4.21. The van der Waals surface area contributed by atoms with Crippen molar-refractivity contribution in [2.24, 2.45) is 0 Å². The van der Waals surface area contributed by atoms with Crippen LogP contribution in [-0.2, 0) is 0 Å². The van der Waals surface area contributed by atoms with Gasteiger partial charge in [0.25, 0.3) is 5.91 Å². The fourth-order valence-electron chi connectivity index (χ4n) is 4.21. The molecule has 1 atom stereocenters. The van der Waals surface area contributed by atoms with Gasteiger partial charge in [0.1, 0.15) is 17.5 Å². The zero-order valence-electron chi connectivity index (χ0n) is 19.4. The van der Waals surface area contributed by atoms with Crippen LogP contribution < -0.4 is 4.90 Å². The number of benzene rings is 2. The summed E-state index contributed by atoms with van der Waals surface area (Å²) in [7, 11) is 0. The van der Waals surface area contributed by atoms with Crippen molar-refractivity contribution in [1.29, 1.82) is 0 Å². The van der Waals surface area contributed by atoms with E-state index in [0.29, 0.717) is 31.7 Å². The Balaban J connectivity index is 1.45. The molecule has 0 unspecified atom stereocenters. The van der Waals surface area contributed by atoms with Crippen molar-refractivity contribution in [2.45, 2.75) is 26.2 Å². The Morgan fingerprint density at radius 3 is 2.38 bits per heavy atom. The maximum absolute atomic E-state index is 13.2. The van der Waals surface area contributed by atoms with Crippen LogP contribution in [0.5, 0.6) is 0 Å². The highest BCUT2D eigenvalue weighted by atomic mass is 19.1. The molecular formula is C26H27FN6O. The highest BCUT2D eigenvalue weighted by Gasteiger charge is 2.26. The van der Waals surface area contributed by atoms with Crippen LogP contribution in [0.15, 0.2) is 60.8 Å². The summed E-state index contributed by atoms with van der Waals surface area (Å²) in [6, 6.07) is 15.7. The lowest BCUT2D eigenvalue weighted by molar-refractivity contribution is 0.0746. The fraction of sp³-hybridized carbons (Fsp3) is 0.308. The van der Waals surface area contributed by atoms with Crippen LogP contribution in [0.4, 0.5) is 10.2 Å². The highest BCUT2D eigenvalue weighted by Crippen LogP contribution is 2.29. The minimum absolute atomic E-state index is 0.0790. The Morgan fingerprint density at radius 1 is 1.00 bits per heavy atom. The lowest BCUT2D eigenvalue weighted by Gasteiger charge is -2.36. The predicted octanol–water partition coefficient (Wildman–Crippen LogP) is 4.43. The number of amides is 1. The Bertz CT molecular complexity index is 1300. The van der Waals surface area contributed by atoms with E-state index < -0.39 is 0 Å². The molecule has 2 aromatic heterocycles. The summed E-state index contributed by atoms with van der Waals surface area (Å²) in [5.74, 6) is 1.44. The zero-order chi connectivity index (χ0) is 23.7. The van der Waals surface area contributed by atoms with Crippen molar-refractivity contribution in [3.05, 3.63) is 78.0 Å². The first-order valence-electron chi connectivity index (χ1n) is 11.7. The van der Waals surface area contributed by atoms with Gasteiger partial charge in [-0.3, -0.25) is 4.79 Å². The first-order valence-corrected chi connectivity index (χ1v) is 11.7. The van der Waals surface area contributed by atoms with Crippen LogP contribution in [0, 0.1) is 5.82 Å². The zero-order valence-corrected chi connectivity index (χ0v) is 19.4. The molecule has 174 valence electrons. The molecule has 0 saturated carbocycles. The number of hydrogen-bond acceptors (Lipinski definition) is 5. The maximum atomic E-state index is 13.2. The Hall–Kier alpha value is -3.81. The number of fused-ring (bicyclic) bond motifs is 1. The summed E-state index contributed by atoms with van der Waals surface area (Å²) in [6.45, 7) is 6.69. The van der Waals surface area contributed by atoms with Gasteiger partial charge in [-0.1, -0.05) is 32.0 Å². The van der Waals surface area contributed by atoms with Crippen LogP contribution in [0.2, 0.25) is 0 Å². The standard InChI is InChI=1S/C26H27FN6O/c1-3-18(2)23-29-24(22-17-28-33(25(22)30-23)21-7-5-4-6-8-21)31-13-15-32(16-14-31)26(34)19-9-11-20(27)12-10-19/h4-12,17-18H,3,13-16H2,1-2H3/t18-/m1/s1. The second-order valence-electron chi connectivity index (χ2n) is 8.63. The van der Waals surface area contributed by atoms with E-state index in [9.17, 15) is 9.18 Å². The van der Waals surface area contributed by atoms with Crippen molar-refractivity contribution in [1.82, 2.24) is 24.6 Å². The van der Waals surface area contributed by atoms with Gasteiger partial charge >= 0.3 is 0 Å². The summed E-state index contributed by atoms with van der Waals surface area (Å²) >= 11 is 0. The number of anilines is 1. The van der Waals surface area contributed by atoms with Gasteiger partial charge < -0.3 is 9.80 Å². The van der Waals surface area contributed by atoms with Gasteiger partial charge in [-0.05, 0) is 42.8 Å². The first-order chi connectivity index (χ1) is 16.5. The van der Waals surface area contributed by atoms with E-state index >= 15 is 0 Å². The highest BCUT2D eigenvalue weighted by molar-refractivity contribution is 5.94. The second-order valence-corrected chi connectivity index (χ2v) is 8.63. The molecule has 0 radical (unpaired) electrons. The van der Waals surface area contributed by atoms with Crippen molar-refractivity contribution < 1.29 is 9.18 Å². The average molecular weight is 459 g/mol. The number of piperazine rings is 1. The molecule has 8 heteroatoms. The van der Waals surface area contributed by atoms with Crippen molar-refractivity contribution in [2.75, 3.05) is 31.1 Å². The van der Waals surface area contributed by atoms with Gasteiger partial charge in [-0.15, -0.1) is 0 Å². The van der Waals surface area contributed by atoms with E-state index in [-0.39, 0.29) is 17.6 Å². The number of carbonyl (C=O) groups is 1. The summed E-state index contributed by atoms with van der Waals surface area (Å²) in [5, 5.41) is 5.53. The number of nitrogens with zero attached hydrogens (tertiary/aromatic N) is 6. The molecule has 7 nitrogen and oxygen atoms in total. The number of carbonyl (C=O) groups excluding carboxylic acids is 1. The summed E-state index contributed by atoms with van der Waals surface area (Å²) in [5.41, 5.74) is 2.24. The van der Waals surface area contributed by atoms with E-state index in [1.807, 2.05) is 46.1 Å². The lowest BCUT2D eigenvalue weighted by Crippen LogP contribution is -2.49. The van der Waals surface area contributed by atoms with Gasteiger partial charge in [0.05, 0.1) is 17.3 Å². The molecule has 3 heterocycles. The summed E-state index contributed by atoms with van der Waals surface area (Å²) < 4.78 is 15.1. The number of halogens is 1. The SMILES string of the molecule is CC[C@@H](C)c1nc(N2CCN(C(=O)c3ccc(F)cc3)CC2)c2cnn(-c3ccccc3)c2n1.